The SMILES string of the molecule is O=c1[nH][nH]c(=O)c2c(NCc3sccc3Br)cccc12. The molecular weight excluding hydrogens is 342 g/mol. The maximum atomic E-state index is 11.9. The fraction of sp³-hybridized carbons (Fsp3) is 0.0769. The largest absolute Gasteiger partial charge is 0.379 e. The molecule has 0 aliphatic carbocycles. The van der Waals surface area contributed by atoms with Gasteiger partial charge in [0.1, 0.15) is 0 Å². The summed E-state index contributed by atoms with van der Waals surface area (Å²) in [6, 6.07) is 7.15. The third-order valence-electron chi connectivity index (χ3n) is 2.96. The van der Waals surface area contributed by atoms with Crippen LogP contribution in [0.5, 0.6) is 0 Å². The van der Waals surface area contributed by atoms with Crippen LogP contribution in [0.3, 0.4) is 0 Å². The molecule has 0 aliphatic rings. The smallest absolute Gasteiger partial charge is 0.272 e. The first-order chi connectivity index (χ1) is 9.66. The first-order valence-corrected chi connectivity index (χ1v) is 7.53. The Kier molecular flexibility index (Phi) is 3.45. The van der Waals surface area contributed by atoms with Gasteiger partial charge in [0, 0.05) is 15.0 Å². The van der Waals surface area contributed by atoms with Crippen LogP contribution >= 0.6 is 27.3 Å². The molecule has 20 heavy (non-hydrogen) atoms. The predicted molar refractivity (Wildman–Crippen MR) is 84.5 cm³/mol. The number of H-pyrrole nitrogens is 2. The van der Waals surface area contributed by atoms with Gasteiger partial charge in [0.15, 0.2) is 0 Å². The summed E-state index contributed by atoms with van der Waals surface area (Å²) in [6.45, 7) is 0.587. The summed E-state index contributed by atoms with van der Waals surface area (Å²) in [6.07, 6.45) is 0. The molecule has 7 heteroatoms. The number of thiophene rings is 1. The highest BCUT2D eigenvalue weighted by Gasteiger charge is 2.08. The molecule has 0 bridgehead atoms. The molecular formula is C13H10BrN3O2S. The topological polar surface area (TPSA) is 77.8 Å². The first-order valence-electron chi connectivity index (χ1n) is 5.86. The van der Waals surface area contributed by atoms with Gasteiger partial charge in [0.05, 0.1) is 17.3 Å². The summed E-state index contributed by atoms with van der Waals surface area (Å²) in [5.74, 6) is 0. The predicted octanol–water partition coefficient (Wildman–Crippen LogP) is 2.65. The summed E-state index contributed by atoms with van der Waals surface area (Å²) in [5.41, 5.74) is 0.0312. The second kappa shape index (κ2) is 5.26. The average Bonchev–Trinajstić information content (AvgIpc) is 2.86. The summed E-state index contributed by atoms with van der Waals surface area (Å²) >= 11 is 5.08. The highest BCUT2D eigenvalue weighted by Crippen LogP contribution is 2.24. The molecule has 0 unspecified atom stereocenters. The lowest BCUT2D eigenvalue weighted by Gasteiger charge is -2.08. The summed E-state index contributed by atoms with van der Waals surface area (Å²) in [4.78, 5) is 24.7. The Bertz CT molecular complexity index is 881. The Morgan fingerprint density at radius 3 is 2.70 bits per heavy atom. The van der Waals surface area contributed by atoms with E-state index in [4.69, 9.17) is 0 Å². The molecule has 0 radical (unpaired) electrons. The van der Waals surface area contributed by atoms with Crippen LogP contribution in [0.25, 0.3) is 10.8 Å². The van der Waals surface area contributed by atoms with E-state index in [2.05, 4.69) is 31.4 Å². The van der Waals surface area contributed by atoms with E-state index in [1.807, 2.05) is 11.4 Å². The van der Waals surface area contributed by atoms with E-state index in [0.29, 0.717) is 23.0 Å². The number of hydrogen-bond acceptors (Lipinski definition) is 4. The Morgan fingerprint density at radius 2 is 1.95 bits per heavy atom. The summed E-state index contributed by atoms with van der Waals surface area (Å²) in [7, 11) is 0. The molecule has 2 heterocycles. The zero-order valence-electron chi connectivity index (χ0n) is 10.2. The third-order valence-corrected chi connectivity index (χ3v) is 4.88. The molecule has 0 saturated heterocycles. The zero-order chi connectivity index (χ0) is 14.1. The number of hydrogen-bond donors (Lipinski definition) is 3. The van der Waals surface area contributed by atoms with Crippen molar-refractivity contribution in [1.29, 1.82) is 0 Å². The molecule has 3 N–H and O–H groups in total. The van der Waals surface area contributed by atoms with E-state index >= 15 is 0 Å². The van der Waals surface area contributed by atoms with Crippen molar-refractivity contribution in [1.82, 2.24) is 10.2 Å². The van der Waals surface area contributed by atoms with Crippen molar-refractivity contribution < 1.29 is 0 Å². The molecule has 0 atom stereocenters. The van der Waals surface area contributed by atoms with Crippen molar-refractivity contribution in [2.45, 2.75) is 6.54 Å². The lowest BCUT2D eigenvalue weighted by Crippen LogP contribution is -2.20. The summed E-state index contributed by atoms with van der Waals surface area (Å²) < 4.78 is 1.03. The molecule has 3 rings (SSSR count). The number of nitrogens with one attached hydrogen (secondary N) is 3. The number of fused-ring (bicyclic) bond motifs is 1. The molecule has 0 saturated carbocycles. The van der Waals surface area contributed by atoms with Gasteiger partial charge in [0.2, 0.25) is 0 Å². The van der Waals surface area contributed by atoms with Gasteiger partial charge >= 0.3 is 0 Å². The second-order valence-electron chi connectivity index (χ2n) is 4.18. The third kappa shape index (κ3) is 2.30. The van der Waals surface area contributed by atoms with E-state index in [9.17, 15) is 9.59 Å². The highest BCUT2D eigenvalue weighted by molar-refractivity contribution is 9.10. The molecule has 3 aromatic rings. The van der Waals surface area contributed by atoms with Gasteiger partial charge in [-0.2, -0.15) is 0 Å². The molecule has 1 aromatic carbocycles. The molecule has 2 aromatic heterocycles. The minimum Gasteiger partial charge on any atom is -0.379 e. The monoisotopic (exact) mass is 351 g/mol. The normalized spacial score (nSPS) is 10.8. The van der Waals surface area contributed by atoms with Crippen molar-refractivity contribution in [3.63, 3.8) is 0 Å². The van der Waals surface area contributed by atoms with Crippen LogP contribution in [0, 0.1) is 0 Å². The second-order valence-corrected chi connectivity index (χ2v) is 6.04. The van der Waals surface area contributed by atoms with E-state index in [1.165, 1.54) is 0 Å². The van der Waals surface area contributed by atoms with E-state index in [0.717, 1.165) is 9.35 Å². The van der Waals surface area contributed by atoms with Crippen LogP contribution in [0.15, 0.2) is 43.7 Å². The number of aromatic amines is 2. The molecule has 0 spiro atoms. The van der Waals surface area contributed by atoms with Crippen LogP contribution in [-0.4, -0.2) is 10.2 Å². The van der Waals surface area contributed by atoms with Gasteiger partial charge in [-0.25, -0.2) is 0 Å². The minimum absolute atomic E-state index is 0.305. The highest BCUT2D eigenvalue weighted by atomic mass is 79.9. The molecule has 0 amide bonds. The van der Waals surface area contributed by atoms with Crippen LogP contribution in [-0.2, 0) is 6.54 Å². The van der Waals surface area contributed by atoms with Crippen molar-refractivity contribution in [2.75, 3.05) is 5.32 Å². The lowest BCUT2D eigenvalue weighted by atomic mass is 10.1. The molecule has 0 fully saturated rings. The number of anilines is 1. The number of rotatable bonds is 3. The Hall–Kier alpha value is -1.86. The van der Waals surface area contributed by atoms with E-state index < -0.39 is 0 Å². The Balaban J connectivity index is 2.04. The quantitative estimate of drug-likeness (QED) is 0.678. The first kappa shape index (κ1) is 13.1. The summed E-state index contributed by atoms with van der Waals surface area (Å²) in [5, 5.41) is 10.6. The molecule has 102 valence electrons. The molecule has 5 nitrogen and oxygen atoms in total. The van der Waals surface area contributed by atoms with Gasteiger partial charge < -0.3 is 5.32 Å². The van der Waals surface area contributed by atoms with Crippen molar-refractivity contribution in [3.05, 3.63) is 59.7 Å². The van der Waals surface area contributed by atoms with Crippen LogP contribution in [0.4, 0.5) is 5.69 Å². The van der Waals surface area contributed by atoms with Gasteiger partial charge in [-0.3, -0.25) is 19.8 Å². The fourth-order valence-corrected chi connectivity index (χ4v) is 3.44. The maximum absolute atomic E-state index is 11.9. The van der Waals surface area contributed by atoms with Crippen LogP contribution in [0.2, 0.25) is 0 Å². The molecule has 0 aliphatic heterocycles. The standard InChI is InChI=1S/C13H10BrN3O2S/c14-8-4-5-20-10(8)6-15-9-3-1-2-7-11(9)13(19)17-16-12(7)18/h1-5,15H,6H2,(H,16,18)(H,17,19). The van der Waals surface area contributed by atoms with Gasteiger partial charge in [-0.1, -0.05) is 6.07 Å². The zero-order valence-corrected chi connectivity index (χ0v) is 12.6. The average molecular weight is 352 g/mol. The number of aromatic nitrogens is 2. The van der Waals surface area contributed by atoms with Crippen molar-refractivity contribution >= 4 is 43.7 Å². The Morgan fingerprint density at radius 1 is 1.15 bits per heavy atom. The fourth-order valence-electron chi connectivity index (χ4n) is 2.00. The van der Waals surface area contributed by atoms with E-state index in [-0.39, 0.29) is 11.1 Å². The van der Waals surface area contributed by atoms with Crippen LogP contribution in [0.1, 0.15) is 4.88 Å². The van der Waals surface area contributed by atoms with Crippen LogP contribution < -0.4 is 16.4 Å². The van der Waals surface area contributed by atoms with Crippen molar-refractivity contribution in [2.24, 2.45) is 0 Å². The van der Waals surface area contributed by atoms with E-state index in [1.54, 1.807) is 29.5 Å². The number of benzene rings is 1. The van der Waals surface area contributed by atoms with Gasteiger partial charge in [-0.15, -0.1) is 11.3 Å². The minimum atomic E-state index is -0.312. The lowest BCUT2D eigenvalue weighted by molar-refractivity contribution is 0.976. The van der Waals surface area contributed by atoms with Crippen molar-refractivity contribution in [3.8, 4) is 0 Å². The van der Waals surface area contributed by atoms with Gasteiger partial charge in [0.25, 0.3) is 11.1 Å². The maximum Gasteiger partial charge on any atom is 0.272 e. The Labute approximate surface area is 125 Å². The van der Waals surface area contributed by atoms with Gasteiger partial charge in [-0.05, 0) is 39.5 Å². The number of halogens is 1.